The van der Waals surface area contributed by atoms with Crippen LogP contribution in [0.3, 0.4) is 0 Å². The van der Waals surface area contributed by atoms with Gasteiger partial charge in [0.1, 0.15) is 0 Å². The molecule has 7 heteroatoms. The lowest BCUT2D eigenvalue weighted by Crippen LogP contribution is -2.50. The van der Waals surface area contributed by atoms with Crippen molar-refractivity contribution in [2.45, 2.75) is 24.9 Å². The molecule has 2 heterocycles. The van der Waals surface area contributed by atoms with E-state index in [0.717, 1.165) is 26.1 Å². The molecule has 108 valence electrons. The van der Waals surface area contributed by atoms with Crippen molar-refractivity contribution in [3.05, 3.63) is 11.7 Å². The molecule has 2 unspecified atom stereocenters. The van der Waals surface area contributed by atoms with E-state index in [1.54, 1.807) is 0 Å². The van der Waals surface area contributed by atoms with Crippen LogP contribution in [0.5, 0.6) is 0 Å². The summed E-state index contributed by atoms with van der Waals surface area (Å²) in [5.41, 5.74) is 5.83. The number of nitrogens with zero attached hydrogens (tertiary/aromatic N) is 4. The smallest absolute Gasteiger partial charge is 0.243 e. The van der Waals surface area contributed by atoms with Gasteiger partial charge in [-0.3, -0.25) is 0 Å². The number of hydrogen-bond acceptors (Lipinski definition) is 7. The van der Waals surface area contributed by atoms with Crippen LogP contribution in [0.2, 0.25) is 0 Å². The Morgan fingerprint density at radius 3 is 3.00 bits per heavy atom. The van der Waals surface area contributed by atoms with Crippen LogP contribution in [0.15, 0.2) is 4.52 Å². The van der Waals surface area contributed by atoms with Crippen LogP contribution in [-0.4, -0.2) is 71.4 Å². The minimum Gasteiger partial charge on any atom is -0.396 e. The van der Waals surface area contributed by atoms with Gasteiger partial charge in [-0.05, 0) is 20.5 Å². The predicted molar refractivity (Wildman–Crippen MR) is 70.5 cm³/mol. The Morgan fingerprint density at radius 2 is 2.26 bits per heavy atom. The van der Waals surface area contributed by atoms with Crippen molar-refractivity contribution in [1.29, 1.82) is 0 Å². The maximum absolute atomic E-state index is 8.85. The van der Waals surface area contributed by atoms with Gasteiger partial charge in [0, 0.05) is 38.7 Å². The van der Waals surface area contributed by atoms with E-state index < -0.39 is 0 Å². The second-order valence-corrected chi connectivity index (χ2v) is 5.27. The Balaban J connectivity index is 1.95. The second-order valence-electron chi connectivity index (χ2n) is 5.27. The van der Waals surface area contributed by atoms with Crippen molar-refractivity contribution in [1.82, 2.24) is 19.9 Å². The van der Waals surface area contributed by atoms with Gasteiger partial charge in [-0.2, -0.15) is 4.98 Å². The van der Waals surface area contributed by atoms with E-state index in [9.17, 15) is 0 Å². The molecule has 2 rings (SSSR count). The quantitative estimate of drug-likeness (QED) is 0.726. The summed E-state index contributed by atoms with van der Waals surface area (Å²) >= 11 is 0. The molecule has 1 aromatic rings. The molecule has 3 N–H and O–H groups in total. The lowest BCUT2D eigenvalue weighted by atomic mass is 10.1. The molecule has 1 aliphatic rings. The van der Waals surface area contributed by atoms with E-state index in [2.05, 4.69) is 34.0 Å². The third-order valence-electron chi connectivity index (χ3n) is 3.64. The van der Waals surface area contributed by atoms with E-state index in [1.165, 1.54) is 0 Å². The summed E-state index contributed by atoms with van der Waals surface area (Å²) in [6.45, 7) is 3.17. The average Bonchev–Trinajstić information content (AvgIpc) is 2.83. The Morgan fingerprint density at radius 1 is 1.47 bits per heavy atom. The molecule has 2 atom stereocenters. The molecule has 7 nitrogen and oxygen atoms in total. The van der Waals surface area contributed by atoms with Gasteiger partial charge in [0.05, 0.1) is 6.04 Å². The summed E-state index contributed by atoms with van der Waals surface area (Å²) in [6, 6.07) is 0.0243. The Kier molecular flexibility index (Phi) is 4.87. The summed E-state index contributed by atoms with van der Waals surface area (Å²) in [4.78, 5) is 8.96. The van der Waals surface area contributed by atoms with Gasteiger partial charge in [0.2, 0.25) is 5.89 Å². The first-order valence-corrected chi connectivity index (χ1v) is 6.68. The largest absolute Gasteiger partial charge is 0.396 e. The van der Waals surface area contributed by atoms with Gasteiger partial charge < -0.3 is 25.2 Å². The highest BCUT2D eigenvalue weighted by atomic mass is 16.5. The molecule has 0 bridgehead atoms. The number of nitrogens with two attached hydrogens (primary N) is 1. The number of rotatable bonds is 5. The molecule has 0 amide bonds. The number of hydrogen-bond donors (Lipinski definition) is 2. The number of aliphatic hydroxyl groups is 1. The number of likely N-dealkylation sites (N-methyl/N-ethyl adjacent to an activating group) is 2. The first-order chi connectivity index (χ1) is 9.10. The molecule has 1 aromatic heterocycles. The van der Waals surface area contributed by atoms with Crippen LogP contribution < -0.4 is 5.73 Å². The summed E-state index contributed by atoms with van der Waals surface area (Å²) in [5.74, 6) is 1.10. The number of aliphatic hydroxyl groups excluding tert-OH is 1. The molecular formula is C12H23N5O2. The van der Waals surface area contributed by atoms with Crippen molar-refractivity contribution < 1.29 is 9.63 Å². The zero-order valence-corrected chi connectivity index (χ0v) is 11.6. The molecule has 0 saturated carbocycles. The summed E-state index contributed by atoms with van der Waals surface area (Å²) in [7, 11) is 4.25. The molecule has 0 spiro atoms. The molecule has 1 fully saturated rings. The highest BCUT2D eigenvalue weighted by molar-refractivity contribution is 4.95. The summed E-state index contributed by atoms with van der Waals surface area (Å²) in [5, 5.41) is 12.8. The van der Waals surface area contributed by atoms with E-state index in [1.807, 2.05) is 0 Å². The lowest BCUT2D eigenvalue weighted by molar-refractivity contribution is 0.113. The van der Waals surface area contributed by atoms with Gasteiger partial charge in [0.15, 0.2) is 5.82 Å². The Hall–Kier alpha value is -1.02. The number of piperazine rings is 1. The molecule has 1 aliphatic heterocycles. The highest BCUT2D eigenvalue weighted by Gasteiger charge is 2.24. The SMILES string of the molecule is CN1CCN(C)C(Cc2noc(C(N)CCO)n2)C1. The van der Waals surface area contributed by atoms with Crippen molar-refractivity contribution in [2.24, 2.45) is 5.73 Å². The molecule has 19 heavy (non-hydrogen) atoms. The van der Waals surface area contributed by atoms with Crippen LogP contribution in [0.25, 0.3) is 0 Å². The van der Waals surface area contributed by atoms with Crippen LogP contribution >= 0.6 is 0 Å². The standard InChI is InChI=1S/C12H23N5O2/c1-16-4-5-17(2)9(8-16)7-11-14-12(19-15-11)10(13)3-6-18/h9-10,18H,3-8,13H2,1-2H3. The van der Waals surface area contributed by atoms with Gasteiger partial charge in [0.25, 0.3) is 0 Å². The normalized spacial score (nSPS) is 23.7. The lowest BCUT2D eigenvalue weighted by Gasteiger charge is -2.37. The van der Waals surface area contributed by atoms with Crippen molar-refractivity contribution in [2.75, 3.05) is 40.3 Å². The zero-order valence-electron chi connectivity index (χ0n) is 11.6. The molecule has 1 saturated heterocycles. The van der Waals surface area contributed by atoms with E-state index in [-0.39, 0.29) is 12.6 Å². The van der Waals surface area contributed by atoms with Crippen LogP contribution in [0.1, 0.15) is 24.2 Å². The monoisotopic (exact) mass is 269 g/mol. The van der Waals surface area contributed by atoms with E-state index in [0.29, 0.717) is 24.2 Å². The summed E-state index contributed by atoms with van der Waals surface area (Å²) < 4.78 is 5.15. The third kappa shape index (κ3) is 3.73. The second kappa shape index (κ2) is 6.42. The maximum atomic E-state index is 8.85. The Labute approximate surface area is 113 Å². The third-order valence-corrected chi connectivity index (χ3v) is 3.64. The van der Waals surface area contributed by atoms with Gasteiger partial charge in [-0.1, -0.05) is 5.16 Å². The fourth-order valence-corrected chi connectivity index (χ4v) is 2.30. The first kappa shape index (κ1) is 14.4. The summed E-state index contributed by atoms with van der Waals surface area (Å²) in [6.07, 6.45) is 1.20. The number of aromatic nitrogens is 2. The van der Waals surface area contributed by atoms with Crippen LogP contribution in [0, 0.1) is 0 Å². The minimum atomic E-state index is -0.377. The minimum absolute atomic E-state index is 0.0229. The molecular weight excluding hydrogens is 246 g/mol. The molecule has 0 aliphatic carbocycles. The van der Waals surface area contributed by atoms with Crippen LogP contribution in [0.4, 0.5) is 0 Å². The van der Waals surface area contributed by atoms with Crippen LogP contribution in [-0.2, 0) is 6.42 Å². The van der Waals surface area contributed by atoms with Gasteiger partial charge in [-0.25, -0.2) is 0 Å². The zero-order chi connectivity index (χ0) is 13.8. The predicted octanol–water partition coefficient (Wildman–Crippen LogP) is -0.760. The molecule has 0 aromatic carbocycles. The van der Waals surface area contributed by atoms with E-state index >= 15 is 0 Å². The fraction of sp³-hybridized carbons (Fsp3) is 0.833. The first-order valence-electron chi connectivity index (χ1n) is 6.68. The Bertz CT molecular complexity index is 397. The van der Waals surface area contributed by atoms with Crippen molar-refractivity contribution in [3.63, 3.8) is 0 Å². The molecule has 0 radical (unpaired) electrons. The van der Waals surface area contributed by atoms with Gasteiger partial charge >= 0.3 is 0 Å². The fourth-order valence-electron chi connectivity index (χ4n) is 2.30. The average molecular weight is 269 g/mol. The maximum Gasteiger partial charge on any atom is 0.243 e. The van der Waals surface area contributed by atoms with Gasteiger partial charge in [-0.15, -0.1) is 0 Å². The van der Waals surface area contributed by atoms with Crippen molar-refractivity contribution >= 4 is 0 Å². The van der Waals surface area contributed by atoms with E-state index in [4.69, 9.17) is 15.4 Å². The highest BCUT2D eigenvalue weighted by Crippen LogP contribution is 2.14. The topological polar surface area (TPSA) is 91.7 Å². The van der Waals surface area contributed by atoms with Crippen molar-refractivity contribution in [3.8, 4) is 0 Å².